The Morgan fingerprint density at radius 2 is 2.07 bits per heavy atom. The monoisotopic (exact) mass is 200 g/mol. The summed E-state index contributed by atoms with van der Waals surface area (Å²) in [5.41, 5.74) is 16.1. The lowest BCUT2D eigenvalue weighted by Gasteiger charge is -2.14. The van der Waals surface area contributed by atoms with E-state index in [4.69, 9.17) is 22.3 Å². The Morgan fingerprint density at radius 3 is 2.64 bits per heavy atom. The summed E-state index contributed by atoms with van der Waals surface area (Å²) in [5, 5.41) is 22.4. The molecule has 0 amide bonds. The predicted octanol–water partition coefficient (Wildman–Crippen LogP) is -2.13. The molecular weight excluding hydrogens is 188 g/mol. The van der Waals surface area contributed by atoms with E-state index in [0.717, 1.165) is 0 Å². The molecule has 0 spiro atoms. The van der Waals surface area contributed by atoms with E-state index in [1.807, 2.05) is 0 Å². The highest BCUT2D eigenvalue weighted by molar-refractivity contribution is 5.69. The van der Waals surface area contributed by atoms with Crippen LogP contribution < -0.4 is 27.2 Å². The maximum Gasteiger partial charge on any atom is 0.348 e. The summed E-state index contributed by atoms with van der Waals surface area (Å²) in [6.07, 6.45) is 0. The standard InChI is InChI=1S/C6H12N6O2/c7-3-4(8)11-6(10-1-2-13)12(14)5(3)9/h13H,1-2,7,9H2,(H3,8,10,11). The number of aliphatic hydroxyl groups is 1. The zero-order valence-electron chi connectivity index (χ0n) is 7.40. The molecule has 8 N–H and O–H groups in total. The summed E-state index contributed by atoms with van der Waals surface area (Å²) >= 11 is 0. The lowest BCUT2D eigenvalue weighted by molar-refractivity contribution is -0.576. The third kappa shape index (κ3) is 1.69. The number of nitrogen functional groups attached to an aromatic ring is 3. The van der Waals surface area contributed by atoms with Gasteiger partial charge < -0.3 is 27.5 Å². The highest BCUT2D eigenvalue weighted by Crippen LogP contribution is 2.17. The van der Waals surface area contributed by atoms with Crippen LogP contribution >= 0.6 is 0 Å². The van der Waals surface area contributed by atoms with Crippen LogP contribution in [-0.2, 0) is 0 Å². The van der Waals surface area contributed by atoms with Crippen LogP contribution in [0, 0.1) is 5.21 Å². The van der Waals surface area contributed by atoms with Crippen molar-refractivity contribution in [3.8, 4) is 0 Å². The minimum atomic E-state index is -0.210. The number of hydrogen-bond acceptors (Lipinski definition) is 7. The van der Waals surface area contributed by atoms with Gasteiger partial charge in [0.15, 0.2) is 5.69 Å². The molecule has 0 unspecified atom stereocenters. The summed E-state index contributed by atoms with van der Waals surface area (Å²) in [6, 6.07) is 0. The van der Waals surface area contributed by atoms with Gasteiger partial charge in [-0.25, -0.2) is 4.73 Å². The molecule has 0 aromatic carbocycles. The molecule has 78 valence electrons. The number of hydrogen-bond donors (Lipinski definition) is 5. The smallest absolute Gasteiger partial charge is 0.348 e. The van der Waals surface area contributed by atoms with Gasteiger partial charge in [-0.3, -0.25) is 5.32 Å². The van der Waals surface area contributed by atoms with Crippen molar-refractivity contribution < 1.29 is 9.84 Å². The van der Waals surface area contributed by atoms with Gasteiger partial charge in [0.2, 0.25) is 11.6 Å². The van der Waals surface area contributed by atoms with Gasteiger partial charge in [0, 0.05) is 0 Å². The van der Waals surface area contributed by atoms with Crippen molar-refractivity contribution in [3.05, 3.63) is 5.21 Å². The van der Waals surface area contributed by atoms with Crippen LogP contribution in [0.3, 0.4) is 0 Å². The molecule has 8 heteroatoms. The van der Waals surface area contributed by atoms with E-state index < -0.39 is 0 Å². The normalized spacial score (nSPS) is 10.1. The van der Waals surface area contributed by atoms with Gasteiger partial charge in [0.05, 0.1) is 13.2 Å². The molecule has 0 saturated carbocycles. The number of anilines is 4. The third-order valence-corrected chi connectivity index (χ3v) is 1.58. The molecule has 0 radical (unpaired) electrons. The second kappa shape index (κ2) is 3.83. The molecule has 1 rings (SSSR count). The largest absolute Gasteiger partial charge is 0.754 e. The minimum absolute atomic E-state index is 0.0185. The van der Waals surface area contributed by atoms with Crippen molar-refractivity contribution >= 4 is 23.3 Å². The molecule has 8 nitrogen and oxygen atoms in total. The Hall–Kier alpha value is -1.96. The molecular formula is C6H12N6O2. The minimum Gasteiger partial charge on any atom is -0.754 e. The van der Waals surface area contributed by atoms with Gasteiger partial charge in [-0.1, -0.05) is 4.98 Å². The lowest BCUT2D eigenvalue weighted by atomic mass is 10.4. The van der Waals surface area contributed by atoms with Gasteiger partial charge >= 0.3 is 5.95 Å². The summed E-state index contributed by atoms with van der Waals surface area (Å²) in [6.45, 7) is 0.0455. The Morgan fingerprint density at radius 1 is 1.43 bits per heavy atom. The van der Waals surface area contributed by atoms with E-state index in [2.05, 4.69) is 10.3 Å². The molecule has 0 fully saturated rings. The van der Waals surface area contributed by atoms with Crippen LogP contribution in [0.4, 0.5) is 23.3 Å². The van der Waals surface area contributed by atoms with Crippen LogP contribution in [0.25, 0.3) is 0 Å². The fourth-order valence-electron chi connectivity index (χ4n) is 0.853. The number of rotatable bonds is 3. The van der Waals surface area contributed by atoms with E-state index in [-0.39, 0.29) is 36.4 Å². The molecule has 0 atom stereocenters. The van der Waals surface area contributed by atoms with Crippen LogP contribution in [0.5, 0.6) is 0 Å². The highest BCUT2D eigenvalue weighted by atomic mass is 16.5. The van der Waals surface area contributed by atoms with E-state index in [0.29, 0.717) is 4.73 Å². The average Bonchev–Trinajstić information content (AvgIpc) is 2.18. The third-order valence-electron chi connectivity index (χ3n) is 1.58. The van der Waals surface area contributed by atoms with Crippen LogP contribution in [-0.4, -0.2) is 23.2 Å². The first-order chi connectivity index (χ1) is 6.57. The number of nitrogens with one attached hydrogen (secondary N) is 1. The zero-order chi connectivity index (χ0) is 10.7. The maximum atomic E-state index is 11.3. The van der Waals surface area contributed by atoms with Gasteiger partial charge in [0.25, 0.3) is 0 Å². The lowest BCUT2D eigenvalue weighted by Crippen LogP contribution is -2.37. The first-order valence-electron chi connectivity index (χ1n) is 3.86. The van der Waals surface area contributed by atoms with E-state index in [1.165, 1.54) is 0 Å². The molecule has 14 heavy (non-hydrogen) atoms. The van der Waals surface area contributed by atoms with E-state index >= 15 is 0 Å². The molecule has 0 aliphatic carbocycles. The Balaban J connectivity index is 3.06. The molecule has 1 heterocycles. The fraction of sp³-hybridized carbons (Fsp3) is 0.333. The van der Waals surface area contributed by atoms with Crippen molar-refractivity contribution in [3.63, 3.8) is 0 Å². The molecule has 0 aliphatic heterocycles. The number of nitrogens with zero attached hydrogens (tertiary/aromatic N) is 2. The summed E-state index contributed by atoms with van der Waals surface area (Å²) in [7, 11) is 0. The highest BCUT2D eigenvalue weighted by Gasteiger charge is 2.14. The van der Waals surface area contributed by atoms with Crippen molar-refractivity contribution in [1.82, 2.24) is 4.98 Å². The van der Waals surface area contributed by atoms with Crippen molar-refractivity contribution in [2.24, 2.45) is 0 Å². The molecule has 1 aromatic rings. The predicted molar refractivity (Wildman–Crippen MR) is 52.0 cm³/mol. The van der Waals surface area contributed by atoms with Crippen molar-refractivity contribution in [2.75, 3.05) is 35.7 Å². The Labute approximate surface area is 79.9 Å². The van der Waals surface area contributed by atoms with E-state index in [9.17, 15) is 5.21 Å². The topological polar surface area (TPSA) is 150 Å². The average molecular weight is 200 g/mol. The maximum absolute atomic E-state index is 11.3. The molecule has 1 aromatic heterocycles. The fourth-order valence-corrected chi connectivity index (χ4v) is 0.853. The van der Waals surface area contributed by atoms with Crippen molar-refractivity contribution in [2.45, 2.75) is 0 Å². The Bertz CT molecular complexity index is 342. The van der Waals surface area contributed by atoms with Gasteiger partial charge in [-0.2, -0.15) is 0 Å². The van der Waals surface area contributed by atoms with Crippen LogP contribution in [0.2, 0.25) is 0 Å². The molecule has 0 saturated heterocycles. The summed E-state index contributed by atoms with van der Waals surface area (Å²) < 4.78 is 0.321. The quantitative estimate of drug-likeness (QED) is 0.276. The molecule has 0 aliphatic rings. The van der Waals surface area contributed by atoms with E-state index in [1.54, 1.807) is 0 Å². The summed E-state index contributed by atoms with van der Waals surface area (Å²) in [5.74, 6) is -0.309. The zero-order valence-corrected chi connectivity index (χ0v) is 7.40. The molecule has 0 bridgehead atoms. The number of aromatic nitrogens is 2. The summed E-state index contributed by atoms with van der Waals surface area (Å²) in [4.78, 5) is 3.67. The SMILES string of the molecule is Nc1nc(NCCO)[n+]([O-])c(N)c1N. The Kier molecular flexibility index (Phi) is 2.77. The van der Waals surface area contributed by atoms with Gasteiger partial charge in [-0.15, -0.1) is 0 Å². The first-order valence-corrected chi connectivity index (χ1v) is 3.86. The second-order valence-corrected chi connectivity index (χ2v) is 2.56. The second-order valence-electron chi connectivity index (χ2n) is 2.56. The first kappa shape index (κ1) is 10.1. The van der Waals surface area contributed by atoms with Gasteiger partial charge in [-0.05, 0) is 0 Å². The van der Waals surface area contributed by atoms with Gasteiger partial charge in [0.1, 0.15) is 0 Å². The van der Waals surface area contributed by atoms with Crippen molar-refractivity contribution in [1.29, 1.82) is 0 Å². The van der Waals surface area contributed by atoms with Crippen LogP contribution in [0.15, 0.2) is 0 Å². The van der Waals surface area contributed by atoms with Crippen LogP contribution in [0.1, 0.15) is 0 Å². The number of aliphatic hydroxyl groups excluding tert-OH is 1. The number of nitrogens with two attached hydrogens (primary N) is 3.